The molecule has 0 N–H and O–H groups in total. The van der Waals surface area contributed by atoms with Crippen molar-refractivity contribution in [2.75, 3.05) is 0 Å². The van der Waals surface area contributed by atoms with E-state index in [1.807, 2.05) is 24.3 Å². The van der Waals surface area contributed by atoms with Crippen molar-refractivity contribution in [1.82, 2.24) is 0 Å². The van der Waals surface area contributed by atoms with Gasteiger partial charge in [0.25, 0.3) is 0 Å². The molecular weight excluding hydrogens is 611 g/mol. The standard InChI is InChI=1S/C42H22N2Se/c1-44-42-34-16-8-6-14-32(34)41(33-15-7-9-17-35(33)42)26-18-20-29-36-22-25(19-21-38(36)45-39(29)23-26)40-30-12-4-2-10-27(30)37(24-43)28-11-3-5-13-31(28)40/h2-23H. The van der Waals surface area contributed by atoms with Crippen LogP contribution in [-0.2, 0) is 0 Å². The Hall–Kier alpha value is -5.70. The van der Waals surface area contributed by atoms with Crippen LogP contribution in [0.4, 0.5) is 5.69 Å². The number of hydrogen-bond acceptors (Lipinski definition) is 1. The molecule has 0 atom stereocenters. The molecule has 0 spiro atoms. The van der Waals surface area contributed by atoms with Gasteiger partial charge in [-0.2, -0.15) is 0 Å². The molecule has 0 aliphatic rings. The van der Waals surface area contributed by atoms with Gasteiger partial charge in [-0.1, -0.05) is 0 Å². The molecule has 2 nitrogen and oxygen atoms in total. The quantitative estimate of drug-likeness (QED) is 0.106. The molecule has 0 saturated carbocycles. The molecular formula is C42H22N2Se. The molecule has 0 fully saturated rings. The second-order valence-electron chi connectivity index (χ2n) is 11.4. The van der Waals surface area contributed by atoms with Gasteiger partial charge in [0.2, 0.25) is 0 Å². The summed E-state index contributed by atoms with van der Waals surface area (Å²) in [6.07, 6.45) is 0. The summed E-state index contributed by atoms with van der Waals surface area (Å²) in [7, 11) is 0. The zero-order chi connectivity index (χ0) is 30.1. The molecule has 45 heavy (non-hydrogen) atoms. The first-order valence-corrected chi connectivity index (χ1v) is 16.6. The number of fused-ring (bicyclic) bond motifs is 7. The predicted octanol–water partition coefficient (Wildman–Crippen LogP) is 11.4. The van der Waals surface area contributed by atoms with E-state index in [-0.39, 0.29) is 14.5 Å². The van der Waals surface area contributed by atoms with Gasteiger partial charge in [-0.3, -0.25) is 0 Å². The van der Waals surface area contributed by atoms with E-state index in [0.717, 1.165) is 54.3 Å². The summed E-state index contributed by atoms with van der Waals surface area (Å²) in [5, 5.41) is 21.1. The second kappa shape index (κ2) is 9.92. The van der Waals surface area contributed by atoms with Gasteiger partial charge in [0.15, 0.2) is 0 Å². The number of rotatable bonds is 2. The minimum atomic E-state index is 0.177. The molecule has 3 heteroatoms. The van der Waals surface area contributed by atoms with Crippen molar-refractivity contribution in [1.29, 1.82) is 5.26 Å². The monoisotopic (exact) mass is 634 g/mol. The molecule has 0 aliphatic heterocycles. The van der Waals surface area contributed by atoms with Crippen LogP contribution in [0.2, 0.25) is 0 Å². The van der Waals surface area contributed by atoms with E-state index in [9.17, 15) is 5.26 Å². The van der Waals surface area contributed by atoms with E-state index in [1.54, 1.807) is 0 Å². The van der Waals surface area contributed by atoms with Gasteiger partial charge < -0.3 is 0 Å². The molecule has 0 radical (unpaired) electrons. The average Bonchev–Trinajstić information content (AvgIpc) is 3.46. The van der Waals surface area contributed by atoms with Crippen LogP contribution in [0, 0.1) is 17.9 Å². The van der Waals surface area contributed by atoms with E-state index in [0.29, 0.717) is 0 Å². The molecule has 9 aromatic rings. The zero-order valence-electron chi connectivity index (χ0n) is 24.0. The normalized spacial score (nSPS) is 11.5. The third-order valence-corrected chi connectivity index (χ3v) is 11.5. The first-order valence-electron chi connectivity index (χ1n) is 14.9. The van der Waals surface area contributed by atoms with Crippen molar-refractivity contribution in [2.45, 2.75) is 0 Å². The van der Waals surface area contributed by atoms with Crippen molar-refractivity contribution in [3.05, 3.63) is 150 Å². The van der Waals surface area contributed by atoms with Crippen LogP contribution in [-0.4, -0.2) is 14.5 Å². The Morgan fingerprint density at radius 2 is 0.933 bits per heavy atom. The molecule has 1 heterocycles. The van der Waals surface area contributed by atoms with Gasteiger partial charge in [0, 0.05) is 0 Å². The van der Waals surface area contributed by atoms with Crippen LogP contribution in [0.5, 0.6) is 0 Å². The Kier molecular flexibility index (Phi) is 5.68. The van der Waals surface area contributed by atoms with Crippen molar-refractivity contribution in [2.24, 2.45) is 0 Å². The number of nitriles is 1. The summed E-state index contributed by atoms with van der Waals surface area (Å²) in [5.41, 5.74) is 6.19. The van der Waals surface area contributed by atoms with Crippen LogP contribution < -0.4 is 0 Å². The summed E-state index contributed by atoms with van der Waals surface area (Å²) in [6, 6.07) is 49.5. The minimum absolute atomic E-state index is 0.177. The molecule has 0 aliphatic carbocycles. The SMILES string of the molecule is [C-]#[N+]c1c2ccccc2c(-c2ccc3c(c2)[se]c2ccc(-c4c5ccccc5c(C#N)c5ccccc45)cc23)c2ccccc12. The summed E-state index contributed by atoms with van der Waals surface area (Å²) in [6.45, 7) is 7.96. The van der Waals surface area contributed by atoms with Gasteiger partial charge in [0.1, 0.15) is 0 Å². The Balaban J connectivity index is 1.30. The average molecular weight is 634 g/mol. The predicted molar refractivity (Wildman–Crippen MR) is 190 cm³/mol. The fourth-order valence-corrected chi connectivity index (χ4v) is 9.55. The third-order valence-electron chi connectivity index (χ3n) is 9.11. The van der Waals surface area contributed by atoms with Crippen molar-refractivity contribution < 1.29 is 0 Å². The van der Waals surface area contributed by atoms with Crippen LogP contribution in [0.15, 0.2) is 133 Å². The molecule has 0 bridgehead atoms. The molecule has 1 aromatic heterocycles. The number of nitrogens with zero attached hydrogens (tertiary/aromatic N) is 2. The zero-order valence-corrected chi connectivity index (χ0v) is 25.7. The van der Waals surface area contributed by atoms with Gasteiger partial charge in [-0.05, 0) is 0 Å². The third kappa shape index (κ3) is 3.73. The maximum absolute atomic E-state index is 10.1. The van der Waals surface area contributed by atoms with Gasteiger partial charge in [-0.15, -0.1) is 0 Å². The van der Waals surface area contributed by atoms with Gasteiger partial charge >= 0.3 is 267 Å². The van der Waals surface area contributed by atoms with E-state index >= 15 is 0 Å². The Labute approximate surface area is 265 Å². The van der Waals surface area contributed by atoms with Crippen molar-refractivity contribution in [3.8, 4) is 28.3 Å². The van der Waals surface area contributed by atoms with Crippen molar-refractivity contribution >= 4 is 82.6 Å². The fourth-order valence-electron chi connectivity index (χ4n) is 7.18. The van der Waals surface area contributed by atoms with Crippen LogP contribution in [0.3, 0.4) is 0 Å². The summed E-state index contributed by atoms with van der Waals surface area (Å²) < 4.78 is 2.77. The van der Waals surface area contributed by atoms with E-state index in [4.69, 9.17) is 6.57 Å². The van der Waals surface area contributed by atoms with Crippen LogP contribution in [0.1, 0.15) is 5.56 Å². The molecule has 0 unspecified atom stereocenters. The Morgan fingerprint density at radius 3 is 1.47 bits per heavy atom. The topological polar surface area (TPSA) is 28.1 Å². The van der Waals surface area contributed by atoms with Gasteiger partial charge in [-0.25, -0.2) is 0 Å². The molecule has 0 amide bonds. The first kappa shape index (κ1) is 25.8. The first-order chi connectivity index (χ1) is 22.2. The van der Waals surface area contributed by atoms with E-state index in [1.165, 1.54) is 41.5 Å². The number of benzene rings is 8. The Morgan fingerprint density at radius 1 is 0.467 bits per heavy atom. The molecule has 8 aromatic carbocycles. The van der Waals surface area contributed by atoms with E-state index < -0.39 is 0 Å². The van der Waals surface area contributed by atoms with Crippen LogP contribution >= 0.6 is 0 Å². The molecule has 0 saturated heterocycles. The van der Waals surface area contributed by atoms with Crippen LogP contribution in [0.25, 0.3) is 89.5 Å². The van der Waals surface area contributed by atoms with Crippen molar-refractivity contribution in [3.63, 3.8) is 0 Å². The Bertz CT molecular complexity index is 2680. The fraction of sp³-hybridized carbons (Fsp3) is 0. The summed E-state index contributed by atoms with van der Waals surface area (Å²) >= 11 is 0.177. The second-order valence-corrected chi connectivity index (χ2v) is 13.7. The maximum atomic E-state index is 10.1. The summed E-state index contributed by atoms with van der Waals surface area (Å²) in [5.74, 6) is 0. The van der Waals surface area contributed by atoms with E-state index in [2.05, 4.69) is 120 Å². The number of hydrogen-bond donors (Lipinski definition) is 0. The summed E-state index contributed by atoms with van der Waals surface area (Å²) in [4.78, 5) is 3.96. The molecule has 9 rings (SSSR count). The molecule has 206 valence electrons. The van der Waals surface area contributed by atoms with Gasteiger partial charge in [0.05, 0.1) is 0 Å².